The number of hydrogen-bond acceptors (Lipinski definition) is 3. The Bertz CT molecular complexity index is 569. The van der Waals surface area contributed by atoms with Crippen LogP contribution in [-0.2, 0) is 10.0 Å². The number of nitrogens with two attached hydrogens (primary N) is 1. The first kappa shape index (κ1) is 15.3. The molecule has 0 atom stereocenters. The molecule has 1 aliphatic rings. The maximum Gasteiger partial charge on any atom is 0.243 e. The van der Waals surface area contributed by atoms with E-state index in [4.69, 9.17) is 5.73 Å². The number of benzene rings is 1. The highest BCUT2D eigenvalue weighted by Gasteiger charge is 2.31. The molecule has 20 heavy (non-hydrogen) atoms. The molecule has 1 aliphatic carbocycles. The Morgan fingerprint density at radius 1 is 1.30 bits per heavy atom. The highest BCUT2D eigenvalue weighted by atomic mass is 32.2. The monoisotopic (exact) mass is 300 g/mol. The zero-order valence-corrected chi connectivity index (χ0v) is 12.5. The molecule has 0 unspecified atom stereocenters. The average Bonchev–Trinajstić information content (AvgIpc) is 2.43. The number of sulfonamides is 1. The van der Waals surface area contributed by atoms with E-state index < -0.39 is 15.8 Å². The smallest absolute Gasteiger partial charge is 0.243 e. The van der Waals surface area contributed by atoms with Crippen molar-refractivity contribution in [1.82, 2.24) is 4.31 Å². The molecule has 6 heteroatoms. The van der Waals surface area contributed by atoms with Crippen molar-refractivity contribution in [3.63, 3.8) is 0 Å². The van der Waals surface area contributed by atoms with E-state index in [2.05, 4.69) is 0 Å². The first-order valence-electron chi connectivity index (χ1n) is 7.03. The van der Waals surface area contributed by atoms with E-state index in [9.17, 15) is 12.8 Å². The van der Waals surface area contributed by atoms with Crippen LogP contribution in [0.25, 0.3) is 0 Å². The summed E-state index contributed by atoms with van der Waals surface area (Å²) in [4.78, 5) is -0.0170. The zero-order valence-electron chi connectivity index (χ0n) is 11.7. The fraction of sp³-hybridized carbons (Fsp3) is 0.571. The highest BCUT2D eigenvalue weighted by molar-refractivity contribution is 7.89. The second-order valence-corrected chi connectivity index (χ2v) is 7.07. The van der Waals surface area contributed by atoms with E-state index >= 15 is 0 Å². The third-order valence-corrected chi connectivity index (χ3v) is 5.90. The van der Waals surface area contributed by atoms with Crippen LogP contribution in [0, 0.1) is 5.82 Å². The summed E-state index contributed by atoms with van der Waals surface area (Å²) < 4.78 is 40.3. The quantitative estimate of drug-likeness (QED) is 0.870. The van der Waals surface area contributed by atoms with Crippen molar-refractivity contribution in [1.29, 1.82) is 0 Å². The molecule has 0 aliphatic heterocycles. The van der Waals surface area contributed by atoms with Gasteiger partial charge >= 0.3 is 0 Å². The highest BCUT2D eigenvalue weighted by Crippen LogP contribution is 2.28. The summed E-state index contributed by atoms with van der Waals surface area (Å²) in [5.41, 5.74) is 5.36. The number of nitrogens with zero attached hydrogens (tertiary/aromatic N) is 1. The fourth-order valence-corrected chi connectivity index (χ4v) is 4.50. The molecule has 4 nitrogen and oxygen atoms in total. The Morgan fingerprint density at radius 2 is 1.95 bits per heavy atom. The minimum atomic E-state index is -3.65. The van der Waals surface area contributed by atoms with E-state index in [-0.39, 0.29) is 16.6 Å². The second kappa shape index (κ2) is 6.10. The molecule has 1 aromatic carbocycles. The lowest BCUT2D eigenvalue weighted by molar-refractivity contribution is 0.261. The van der Waals surface area contributed by atoms with Gasteiger partial charge in [-0.3, -0.25) is 0 Å². The predicted molar refractivity (Wildman–Crippen MR) is 77.3 cm³/mol. The van der Waals surface area contributed by atoms with Crippen LogP contribution in [-0.4, -0.2) is 25.3 Å². The summed E-state index contributed by atoms with van der Waals surface area (Å²) in [6.45, 7) is 2.22. The SMILES string of the molecule is CCN(C1CCCCC1)S(=O)(=O)c1ccc(N)c(F)c1. The molecular weight excluding hydrogens is 279 g/mol. The van der Waals surface area contributed by atoms with Gasteiger partial charge in [-0.05, 0) is 31.0 Å². The fourth-order valence-electron chi connectivity index (χ4n) is 2.80. The van der Waals surface area contributed by atoms with Crippen molar-refractivity contribution in [2.24, 2.45) is 0 Å². The Kier molecular flexibility index (Phi) is 4.65. The average molecular weight is 300 g/mol. The molecule has 0 spiro atoms. The molecule has 2 N–H and O–H groups in total. The molecule has 0 bridgehead atoms. The summed E-state index contributed by atoms with van der Waals surface area (Å²) in [5, 5.41) is 0. The third kappa shape index (κ3) is 2.96. The third-order valence-electron chi connectivity index (χ3n) is 3.87. The Hall–Kier alpha value is -1.14. The van der Waals surface area contributed by atoms with Gasteiger partial charge < -0.3 is 5.73 Å². The van der Waals surface area contributed by atoms with Gasteiger partial charge in [-0.1, -0.05) is 26.2 Å². The topological polar surface area (TPSA) is 63.4 Å². The van der Waals surface area contributed by atoms with E-state index in [1.54, 1.807) is 0 Å². The van der Waals surface area contributed by atoms with Crippen molar-refractivity contribution in [3.8, 4) is 0 Å². The Labute approximate surface area is 119 Å². The first-order valence-corrected chi connectivity index (χ1v) is 8.47. The van der Waals surface area contributed by atoms with Gasteiger partial charge in [-0.25, -0.2) is 12.8 Å². The summed E-state index contributed by atoms with van der Waals surface area (Å²) >= 11 is 0. The van der Waals surface area contributed by atoms with Crippen LogP contribution < -0.4 is 5.73 Å². The molecule has 1 aromatic rings. The van der Waals surface area contributed by atoms with Crippen molar-refractivity contribution in [3.05, 3.63) is 24.0 Å². The van der Waals surface area contributed by atoms with Gasteiger partial charge in [-0.2, -0.15) is 4.31 Å². The maximum atomic E-state index is 13.5. The normalized spacial score (nSPS) is 17.6. The molecule has 0 amide bonds. The maximum absolute atomic E-state index is 13.5. The lowest BCUT2D eigenvalue weighted by Crippen LogP contribution is -2.41. The standard InChI is InChI=1S/C14H21FN2O2S/c1-2-17(11-6-4-3-5-7-11)20(18,19)12-8-9-14(16)13(15)10-12/h8-11H,2-7,16H2,1H3. The number of halogens is 1. The molecule has 1 saturated carbocycles. The van der Waals surface area contributed by atoms with E-state index in [0.717, 1.165) is 38.2 Å². The summed E-state index contributed by atoms with van der Waals surface area (Å²) in [6, 6.07) is 3.71. The van der Waals surface area contributed by atoms with Crippen LogP contribution in [0.1, 0.15) is 39.0 Å². The summed E-state index contributed by atoms with van der Waals surface area (Å²) in [6.07, 6.45) is 5.01. The molecule has 0 aromatic heterocycles. The van der Waals surface area contributed by atoms with Crippen LogP contribution >= 0.6 is 0 Å². The molecule has 0 radical (unpaired) electrons. The van der Waals surface area contributed by atoms with Gasteiger partial charge in [0.2, 0.25) is 10.0 Å². The van der Waals surface area contributed by atoms with E-state index in [0.29, 0.717) is 6.54 Å². The molecule has 0 saturated heterocycles. The van der Waals surface area contributed by atoms with Crippen LogP contribution in [0.5, 0.6) is 0 Å². The van der Waals surface area contributed by atoms with Crippen molar-refractivity contribution < 1.29 is 12.8 Å². The molecular formula is C14H21FN2O2S. The number of anilines is 1. The number of rotatable bonds is 4. The zero-order chi connectivity index (χ0) is 14.8. The first-order chi connectivity index (χ1) is 9.46. The number of nitrogen functional groups attached to an aromatic ring is 1. The van der Waals surface area contributed by atoms with Crippen LogP contribution in [0.4, 0.5) is 10.1 Å². The molecule has 2 rings (SSSR count). The van der Waals surface area contributed by atoms with Gasteiger partial charge in [0.25, 0.3) is 0 Å². The minimum absolute atomic E-state index is 0.0170. The Balaban J connectivity index is 2.32. The molecule has 0 heterocycles. The lowest BCUT2D eigenvalue weighted by Gasteiger charge is -2.32. The van der Waals surface area contributed by atoms with Gasteiger partial charge in [0.1, 0.15) is 5.82 Å². The van der Waals surface area contributed by atoms with E-state index in [1.807, 2.05) is 6.92 Å². The van der Waals surface area contributed by atoms with Crippen LogP contribution in [0.3, 0.4) is 0 Å². The predicted octanol–water partition coefficient (Wildman–Crippen LogP) is 2.75. The number of hydrogen-bond donors (Lipinski definition) is 1. The van der Waals surface area contributed by atoms with Gasteiger partial charge in [0.15, 0.2) is 0 Å². The van der Waals surface area contributed by atoms with Crippen LogP contribution in [0.15, 0.2) is 23.1 Å². The van der Waals surface area contributed by atoms with Gasteiger partial charge in [0.05, 0.1) is 10.6 Å². The summed E-state index contributed by atoms with van der Waals surface area (Å²) in [5.74, 6) is -0.689. The van der Waals surface area contributed by atoms with Gasteiger partial charge in [-0.15, -0.1) is 0 Å². The van der Waals surface area contributed by atoms with Crippen molar-refractivity contribution in [2.45, 2.75) is 50.0 Å². The Morgan fingerprint density at radius 3 is 2.50 bits per heavy atom. The lowest BCUT2D eigenvalue weighted by atomic mass is 9.95. The minimum Gasteiger partial charge on any atom is -0.396 e. The molecule has 112 valence electrons. The summed E-state index contributed by atoms with van der Waals surface area (Å²) in [7, 11) is -3.65. The van der Waals surface area contributed by atoms with Crippen molar-refractivity contribution >= 4 is 15.7 Å². The molecule has 1 fully saturated rings. The van der Waals surface area contributed by atoms with Gasteiger partial charge in [0, 0.05) is 12.6 Å². The van der Waals surface area contributed by atoms with E-state index in [1.165, 1.54) is 16.4 Å². The van der Waals surface area contributed by atoms with Crippen LogP contribution in [0.2, 0.25) is 0 Å². The second-order valence-electron chi connectivity index (χ2n) is 5.18. The van der Waals surface area contributed by atoms with Crippen molar-refractivity contribution in [2.75, 3.05) is 12.3 Å². The largest absolute Gasteiger partial charge is 0.396 e.